The van der Waals surface area contributed by atoms with Crippen LogP contribution in [0.2, 0.25) is 5.02 Å². The minimum atomic E-state index is -0.818. The first kappa shape index (κ1) is 16.0. The van der Waals surface area contributed by atoms with Gasteiger partial charge < -0.3 is 10.4 Å². The molecule has 0 aliphatic rings. The van der Waals surface area contributed by atoms with E-state index < -0.39 is 11.9 Å². The highest BCUT2D eigenvalue weighted by molar-refractivity contribution is 9.10. The molecule has 1 unspecified atom stereocenters. The van der Waals surface area contributed by atoms with Gasteiger partial charge in [0.05, 0.1) is 16.5 Å². The Morgan fingerprint density at radius 1 is 1.47 bits per heavy atom. The highest BCUT2D eigenvalue weighted by Crippen LogP contribution is 2.20. The largest absolute Gasteiger partial charge is 0.481 e. The Balaban J connectivity index is 2.43. The van der Waals surface area contributed by atoms with E-state index in [1.165, 1.54) is 0 Å². The number of aliphatic carboxylic acids is 1. The maximum atomic E-state index is 11.9. The number of carbonyl (C=O) groups excluding carboxylic acids is 1. The number of rotatable bonds is 6. The standard InChI is InChI=1S/C13H15BrClNO3/c1-8(13(18)19)3-2-6-16-12(17)10-7-9(14)4-5-11(10)15/h4-5,7-8H,2-3,6H2,1H3,(H,16,17)(H,18,19). The van der Waals surface area contributed by atoms with Crippen molar-refractivity contribution >= 4 is 39.4 Å². The molecule has 6 heteroatoms. The van der Waals surface area contributed by atoms with Crippen LogP contribution in [0.4, 0.5) is 0 Å². The van der Waals surface area contributed by atoms with Crippen LogP contribution in [-0.4, -0.2) is 23.5 Å². The van der Waals surface area contributed by atoms with E-state index in [0.29, 0.717) is 30.0 Å². The maximum absolute atomic E-state index is 11.9. The number of nitrogens with one attached hydrogen (secondary N) is 1. The molecule has 0 aliphatic heterocycles. The molecule has 1 aromatic carbocycles. The molecule has 0 saturated heterocycles. The van der Waals surface area contributed by atoms with Crippen molar-refractivity contribution in [3.05, 3.63) is 33.3 Å². The molecule has 4 nitrogen and oxygen atoms in total. The molecule has 0 bridgehead atoms. The summed E-state index contributed by atoms with van der Waals surface area (Å²) in [5, 5.41) is 11.8. The quantitative estimate of drug-likeness (QED) is 0.775. The van der Waals surface area contributed by atoms with E-state index in [-0.39, 0.29) is 5.91 Å². The van der Waals surface area contributed by atoms with Gasteiger partial charge in [-0.1, -0.05) is 34.5 Å². The normalized spacial score (nSPS) is 11.9. The van der Waals surface area contributed by atoms with E-state index in [0.717, 1.165) is 4.47 Å². The summed E-state index contributed by atoms with van der Waals surface area (Å²) in [7, 11) is 0. The number of hydrogen-bond acceptors (Lipinski definition) is 2. The molecule has 1 amide bonds. The highest BCUT2D eigenvalue weighted by Gasteiger charge is 2.12. The predicted molar refractivity (Wildman–Crippen MR) is 77.5 cm³/mol. The lowest BCUT2D eigenvalue weighted by Gasteiger charge is -2.08. The number of amides is 1. The van der Waals surface area contributed by atoms with E-state index in [1.54, 1.807) is 25.1 Å². The Morgan fingerprint density at radius 2 is 2.16 bits per heavy atom. The third-order valence-corrected chi connectivity index (χ3v) is 3.52. The van der Waals surface area contributed by atoms with Crippen molar-refractivity contribution in [3.8, 4) is 0 Å². The van der Waals surface area contributed by atoms with Crippen molar-refractivity contribution in [3.63, 3.8) is 0 Å². The number of halogens is 2. The lowest BCUT2D eigenvalue weighted by atomic mass is 10.1. The molecule has 0 fully saturated rings. The van der Waals surface area contributed by atoms with Gasteiger partial charge in [-0.2, -0.15) is 0 Å². The summed E-state index contributed by atoms with van der Waals surface area (Å²) in [6, 6.07) is 5.05. The lowest BCUT2D eigenvalue weighted by Crippen LogP contribution is -2.25. The van der Waals surface area contributed by atoms with Crippen LogP contribution in [0.1, 0.15) is 30.1 Å². The zero-order valence-corrected chi connectivity index (χ0v) is 12.8. The third-order valence-electron chi connectivity index (χ3n) is 2.69. The monoisotopic (exact) mass is 347 g/mol. The number of carbonyl (C=O) groups is 2. The first-order chi connectivity index (χ1) is 8.91. The molecule has 0 aliphatic carbocycles. The zero-order chi connectivity index (χ0) is 14.4. The topological polar surface area (TPSA) is 66.4 Å². The predicted octanol–water partition coefficient (Wildman–Crippen LogP) is 3.33. The minimum absolute atomic E-state index is 0.255. The van der Waals surface area contributed by atoms with E-state index in [4.69, 9.17) is 16.7 Å². The molecule has 0 heterocycles. The molecular formula is C13H15BrClNO3. The fraction of sp³-hybridized carbons (Fsp3) is 0.385. The molecular weight excluding hydrogens is 334 g/mol. The van der Waals surface area contributed by atoms with Gasteiger partial charge in [0, 0.05) is 11.0 Å². The fourth-order valence-corrected chi connectivity index (χ4v) is 2.06. The van der Waals surface area contributed by atoms with Gasteiger partial charge in [0.1, 0.15) is 0 Å². The number of carboxylic acids is 1. The highest BCUT2D eigenvalue weighted by atomic mass is 79.9. The molecule has 0 radical (unpaired) electrons. The Bertz CT molecular complexity index is 479. The first-order valence-corrected chi connectivity index (χ1v) is 7.05. The summed E-state index contributed by atoms with van der Waals surface area (Å²) in [4.78, 5) is 22.5. The van der Waals surface area contributed by atoms with Crippen LogP contribution in [0.25, 0.3) is 0 Å². The van der Waals surface area contributed by atoms with Crippen LogP contribution >= 0.6 is 27.5 Å². The minimum Gasteiger partial charge on any atom is -0.481 e. The van der Waals surface area contributed by atoms with Crippen LogP contribution in [0, 0.1) is 5.92 Å². The van der Waals surface area contributed by atoms with Crippen molar-refractivity contribution in [1.29, 1.82) is 0 Å². The summed E-state index contributed by atoms with van der Waals surface area (Å²) < 4.78 is 0.779. The second-order valence-corrected chi connectivity index (χ2v) is 5.58. The van der Waals surface area contributed by atoms with E-state index >= 15 is 0 Å². The van der Waals surface area contributed by atoms with Crippen molar-refractivity contribution in [1.82, 2.24) is 5.32 Å². The van der Waals surface area contributed by atoms with Crippen molar-refractivity contribution in [2.24, 2.45) is 5.92 Å². The second kappa shape index (κ2) is 7.50. The van der Waals surface area contributed by atoms with Crippen molar-refractivity contribution < 1.29 is 14.7 Å². The molecule has 0 spiro atoms. The van der Waals surface area contributed by atoms with Crippen molar-refractivity contribution in [2.45, 2.75) is 19.8 Å². The fourth-order valence-electron chi connectivity index (χ4n) is 1.50. The summed E-state index contributed by atoms with van der Waals surface area (Å²) in [5.41, 5.74) is 0.405. The average Bonchev–Trinajstić information content (AvgIpc) is 2.36. The summed E-state index contributed by atoms with van der Waals surface area (Å²) in [6.07, 6.45) is 1.15. The Labute approximate surface area is 125 Å². The Kier molecular flexibility index (Phi) is 6.31. The SMILES string of the molecule is CC(CCCNC(=O)c1cc(Br)ccc1Cl)C(=O)O. The summed E-state index contributed by atoms with van der Waals surface area (Å²) >= 11 is 9.21. The second-order valence-electron chi connectivity index (χ2n) is 4.26. The average molecular weight is 349 g/mol. The Morgan fingerprint density at radius 3 is 2.79 bits per heavy atom. The lowest BCUT2D eigenvalue weighted by molar-refractivity contribution is -0.141. The van der Waals surface area contributed by atoms with Gasteiger partial charge in [-0.15, -0.1) is 0 Å². The van der Waals surface area contributed by atoms with Gasteiger partial charge in [-0.05, 0) is 31.0 Å². The molecule has 2 N–H and O–H groups in total. The maximum Gasteiger partial charge on any atom is 0.306 e. The van der Waals surface area contributed by atoms with Crippen molar-refractivity contribution in [2.75, 3.05) is 6.54 Å². The number of carboxylic acid groups (broad SMARTS) is 1. The van der Waals surface area contributed by atoms with E-state index in [1.807, 2.05) is 0 Å². The molecule has 1 aromatic rings. The summed E-state index contributed by atoms with van der Waals surface area (Å²) in [6.45, 7) is 2.08. The molecule has 0 saturated carbocycles. The van der Waals surface area contributed by atoms with Crippen LogP contribution in [0.5, 0.6) is 0 Å². The van der Waals surface area contributed by atoms with Gasteiger partial charge in [-0.25, -0.2) is 0 Å². The van der Waals surface area contributed by atoms with Gasteiger partial charge in [-0.3, -0.25) is 9.59 Å². The van der Waals surface area contributed by atoms with E-state index in [2.05, 4.69) is 21.2 Å². The molecule has 0 aromatic heterocycles. The zero-order valence-electron chi connectivity index (χ0n) is 10.5. The summed E-state index contributed by atoms with van der Waals surface area (Å²) in [5.74, 6) is -1.47. The smallest absolute Gasteiger partial charge is 0.306 e. The van der Waals surface area contributed by atoms with Crippen LogP contribution < -0.4 is 5.32 Å². The third kappa shape index (κ3) is 5.20. The number of hydrogen-bond donors (Lipinski definition) is 2. The molecule has 1 atom stereocenters. The van der Waals surface area contributed by atoms with Gasteiger partial charge in [0.25, 0.3) is 5.91 Å². The van der Waals surface area contributed by atoms with E-state index in [9.17, 15) is 9.59 Å². The van der Waals surface area contributed by atoms with Crippen LogP contribution in [0.15, 0.2) is 22.7 Å². The molecule has 104 valence electrons. The van der Waals surface area contributed by atoms with Crippen LogP contribution in [-0.2, 0) is 4.79 Å². The molecule has 19 heavy (non-hydrogen) atoms. The molecule has 1 rings (SSSR count). The first-order valence-electron chi connectivity index (χ1n) is 5.88. The number of benzene rings is 1. The van der Waals surface area contributed by atoms with Gasteiger partial charge in [0.15, 0.2) is 0 Å². The van der Waals surface area contributed by atoms with Crippen LogP contribution in [0.3, 0.4) is 0 Å². The Hall–Kier alpha value is -1.07. The van der Waals surface area contributed by atoms with Gasteiger partial charge in [0.2, 0.25) is 0 Å². The van der Waals surface area contributed by atoms with Gasteiger partial charge >= 0.3 is 5.97 Å².